The van der Waals surface area contributed by atoms with Crippen LogP contribution in [0, 0.1) is 16.0 Å². The van der Waals surface area contributed by atoms with Gasteiger partial charge in [0.2, 0.25) is 0 Å². The average molecular weight is 283 g/mol. The van der Waals surface area contributed by atoms with Crippen molar-refractivity contribution in [1.82, 2.24) is 9.88 Å². The van der Waals surface area contributed by atoms with Crippen LogP contribution in [0.15, 0.2) is 12.3 Å². The smallest absolute Gasteiger partial charge is 0.287 e. The van der Waals surface area contributed by atoms with Crippen LogP contribution in [0.25, 0.3) is 0 Å². The number of rotatable bonds is 6. The van der Waals surface area contributed by atoms with Crippen molar-refractivity contribution < 1.29 is 14.8 Å². The molecule has 1 aromatic rings. The van der Waals surface area contributed by atoms with Gasteiger partial charge in [-0.15, -0.1) is 0 Å². The lowest BCUT2D eigenvalue weighted by atomic mass is 10.1. The Hall–Kier alpha value is -1.89. The molecule has 112 valence electrons. The van der Waals surface area contributed by atoms with E-state index >= 15 is 0 Å². The summed E-state index contributed by atoms with van der Waals surface area (Å²) in [6.45, 7) is 7.48. The Morgan fingerprint density at radius 1 is 1.45 bits per heavy atom. The van der Waals surface area contributed by atoms with Gasteiger partial charge in [-0.3, -0.25) is 14.9 Å². The van der Waals surface area contributed by atoms with Crippen molar-refractivity contribution in [2.24, 2.45) is 5.92 Å². The molecular weight excluding hydrogens is 262 g/mol. The Morgan fingerprint density at radius 2 is 2.05 bits per heavy atom. The number of carbonyl (C=O) groups excluding carboxylic acids is 1. The van der Waals surface area contributed by atoms with E-state index in [0.717, 1.165) is 0 Å². The summed E-state index contributed by atoms with van der Waals surface area (Å²) in [7, 11) is 0. The summed E-state index contributed by atoms with van der Waals surface area (Å²) in [5.74, 6) is -0.395. The summed E-state index contributed by atoms with van der Waals surface area (Å²) < 4.78 is 1.55. The summed E-state index contributed by atoms with van der Waals surface area (Å²) >= 11 is 0. The van der Waals surface area contributed by atoms with Gasteiger partial charge in [0.25, 0.3) is 11.6 Å². The highest BCUT2D eigenvalue weighted by Gasteiger charge is 2.21. The highest BCUT2D eigenvalue weighted by molar-refractivity contribution is 5.93. The number of hydrogen-bond acceptors (Lipinski definition) is 4. The van der Waals surface area contributed by atoms with E-state index in [0.29, 0.717) is 0 Å². The van der Waals surface area contributed by atoms with Gasteiger partial charge in [0.15, 0.2) is 0 Å². The molecule has 1 unspecified atom stereocenters. The molecule has 0 fully saturated rings. The molecule has 7 heteroatoms. The van der Waals surface area contributed by atoms with E-state index < -0.39 is 16.9 Å². The zero-order chi connectivity index (χ0) is 15.4. The minimum atomic E-state index is -0.642. The zero-order valence-electron chi connectivity index (χ0n) is 12.2. The summed E-state index contributed by atoms with van der Waals surface area (Å²) in [6, 6.07) is 1.18. The Morgan fingerprint density at radius 3 is 2.50 bits per heavy atom. The molecule has 1 atom stereocenters. The van der Waals surface area contributed by atoms with Crippen molar-refractivity contribution in [2.45, 2.75) is 39.8 Å². The average Bonchev–Trinajstić information content (AvgIpc) is 2.80. The molecule has 0 aliphatic rings. The van der Waals surface area contributed by atoms with E-state index in [4.69, 9.17) is 0 Å². The minimum absolute atomic E-state index is 0.0292. The van der Waals surface area contributed by atoms with E-state index in [1.807, 2.05) is 27.7 Å². The third kappa shape index (κ3) is 3.80. The Kier molecular flexibility index (Phi) is 5.26. The first-order valence-corrected chi connectivity index (χ1v) is 6.56. The number of nitrogens with zero attached hydrogens (tertiary/aromatic N) is 2. The van der Waals surface area contributed by atoms with Crippen LogP contribution in [0.4, 0.5) is 5.69 Å². The predicted octanol–water partition coefficient (Wildman–Crippen LogP) is 1.72. The molecule has 0 bridgehead atoms. The minimum Gasteiger partial charge on any atom is -0.391 e. The van der Waals surface area contributed by atoms with Gasteiger partial charge in [-0.25, -0.2) is 0 Å². The number of hydrogen-bond donors (Lipinski definition) is 2. The maximum Gasteiger partial charge on any atom is 0.287 e. The Labute approximate surface area is 117 Å². The Bertz CT molecular complexity index is 494. The predicted molar refractivity (Wildman–Crippen MR) is 74.6 cm³/mol. The number of nitrogens with one attached hydrogen (secondary N) is 1. The molecule has 2 N–H and O–H groups in total. The lowest BCUT2D eigenvalue weighted by Gasteiger charge is -2.16. The monoisotopic (exact) mass is 283 g/mol. The lowest BCUT2D eigenvalue weighted by Crippen LogP contribution is -2.35. The molecule has 1 heterocycles. The maximum atomic E-state index is 12.1. The molecule has 1 rings (SSSR count). The van der Waals surface area contributed by atoms with E-state index in [-0.39, 0.29) is 29.9 Å². The SMILES string of the molecule is CC(C)C(O)CNC(=O)c1cc([N+](=O)[O-])cn1C(C)C. The van der Waals surface area contributed by atoms with Gasteiger partial charge >= 0.3 is 0 Å². The number of aliphatic hydroxyl groups excluding tert-OH is 1. The molecule has 0 saturated heterocycles. The van der Waals surface area contributed by atoms with Crippen LogP contribution in [-0.4, -0.2) is 33.2 Å². The van der Waals surface area contributed by atoms with Crippen molar-refractivity contribution in [3.05, 3.63) is 28.1 Å². The van der Waals surface area contributed by atoms with Crippen LogP contribution in [-0.2, 0) is 0 Å². The van der Waals surface area contributed by atoms with Crippen LogP contribution in [0.2, 0.25) is 0 Å². The molecule has 0 aromatic carbocycles. The first-order valence-electron chi connectivity index (χ1n) is 6.56. The van der Waals surface area contributed by atoms with Crippen molar-refractivity contribution >= 4 is 11.6 Å². The topological polar surface area (TPSA) is 97.4 Å². The molecule has 0 aliphatic heterocycles. The van der Waals surface area contributed by atoms with Gasteiger partial charge in [-0.1, -0.05) is 13.8 Å². The third-order valence-corrected chi connectivity index (χ3v) is 3.08. The van der Waals surface area contributed by atoms with Crippen molar-refractivity contribution in [3.8, 4) is 0 Å². The molecule has 1 aromatic heterocycles. The van der Waals surface area contributed by atoms with Crippen LogP contribution in [0.1, 0.15) is 44.2 Å². The summed E-state index contributed by atoms with van der Waals surface area (Å²) in [4.78, 5) is 22.3. The third-order valence-electron chi connectivity index (χ3n) is 3.08. The zero-order valence-corrected chi connectivity index (χ0v) is 12.2. The van der Waals surface area contributed by atoms with Crippen molar-refractivity contribution in [2.75, 3.05) is 6.54 Å². The van der Waals surface area contributed by atoms with Gasteiger partial charge in [-0.2, -0.15) is 0 Å². The second-order valence-corrected chi connectivity index (χ2v) is 5.36. The second-order valence-electron chi connectivity index (χ2n) is 5.36. The molecule has 20 heavy (non-hydrogen) atoms. The van der Waals surface area contributed by atoms with E-state index in [2.05, 4.69) is 5.32 Å². The van der Waals surface area contributed by atoms with Crippen LogP contribution >= 0.6 is 0 Å². The molecule has 0 saturated carbocycles. The number of carbonyl (C=O) groups is 1. The van der Waals surface area contributed by atoms with Crippen LogP contribution < -0.4 is 5.32 Å². The standard InChI is InChI=1S/C13H21N3O4/c1-8(2)12(17)6-14-13(18)11-5-10(16(19)20)7-15(11)9(3)4/h5,7-9,12,17H,6H2,1-4H3,(H,14,18). The van der Waals surface area contributed by atoms with Gasteiger partial charge in [0.05, 0.1) is 17.2 Å². The first kappa shape index (κ1) is 16.2. The highest BCUT2D eigenvalue weighted by atomic mass is 16.6. The maximum absolute atomic E-state index is 12.1. The van der Waals surface area contributed by atoms with Gasteiger partial charge in [-0.05, 0) is 19.8 Å². The largest absolute Gasteiger partial charge is 0.391 e. The van der Waals surface area contributed by atoms with Gasteiger partial charge < -0.3 is 15.0 Å². The number of amides is 1. The first-order chi connectivity index (χ1) is 9.23. The number of nitro groups is 1. The van der Waals surface area contributed by atoms with E-state index in [1.54, 1.807) is 4.57 Å². The highest BCUT2D eigenvalue weighted by Crippen LogP contribution is 2.20. The lowest BCUT2D eigenvalue weighted by molar-refractivity contribution is -0.384. The van der Waals surface area contributed by atoms with Gasteiger partial charge in [0, 0.05) is 18.7 Å². The molecule has 0 aliphatic carbocycles. The number of aliphatic hydroxyl groups is 1. The summed E-state index contributed by atoms with van der Waals surface area (Å²) in [5, 5.41) is 23.0. The van der Waals surface area contributed by atoms with E-state index in [9.17, 15) is 20.0 Å². The Balaban J connectivity index is 2.89. The van der Waals surface area contributed by atoms with Crippen LogP contribution in [0.3, 0.4) is 0 Å². The molecule has 1 amide bonds. The fourth-order valence-electron chi connectivity index (χ4n) is 1.70. The quantitative estimate of drug-likeness (QED) is 0.613. The molecule has 7 nitrogen and oxygen atoms in total. The molecule has 0 spiro atoms. The normalized spacial score (nSPS) is 12.8. The fourth-order valence-corrected chi connectivity index (χ4v) is 1.70. The van der Waals surface area contributed by atoms with Gasteiger partial charge in [0.1, 0.15) is 5.69 Å². The molecular formula is C13H21N3O4. The molecule has 0 radical (unpaired) electrons. The fraction of sp³-hybridized carbons (Fsp3) is 0.615. The van der Waals surface area contributed by atoms with Crippen LogP contribution in [0.5, 0.6) is 0 Å². The summed E-state index contributed by atoms with van der Waals surface area (Å²) in [6.07, 6.45) is 0.703. The second kappa shape index (κ2) is 6.51. The summed E-state index contributed by atoms with van der Waals surface area (Å²) in [5.41, 5.74) is 0.107. The van der Waals surface area contributed by atoms with E-state index in [1.165, 1.54) is 12.3 Å². The number of aromatic nitrogens is 1. The van der Waals surface area contributed by atoms with Crippen molar-refractivity contribution in [3.63, 3.8) is 0 Å². The van der Waals surface area contributed by atoms with Crippen molar-refractivity contribution in [1.29, 1.82) is 0 Å².